The highest BCUT2D eigenvalue weighted by atomic mass is 16.5. The highest BCUT2D eigenvalue weighted by Gasteiger charge is 2.09. The quantitative estimate of drug-likeness (QED) is 0.861. The summed E-state index contributed by atoms with van der Waals surface area (Å²) in [6, 6.07) is 1.90. The van der Waals surface area contributed by atoms with Gasteiger partial charge in [-0.25, -0.2) is 9.97 Å². The minimum atomic E-state index is 0.559. The Balaban J connectivity index is 2.15. The van der Waals surface area contributed by atoms with Crippen molar-refractivity contribution < 1.29 is 4.52 Å². The van der Waals surface area contributed by atoms with E-state index in [0.717, 1.165) is 41.0 Å². The summed E-state index contributed by atoms with van der Waals surface area (Å²) in [5, 5.41) is 10.3. The maximum absolute atomic E-state index is 5.16. The van der Waals surface area contributed by atoms with Gasteiger partial charge in [0.05, 0.1) is 12.2 Å². The largest absolute Gasteiger partial charge is 0.370 e. The lowest BCUT2D eigenvalue weighted by molar-refractivity contribution is 0.384. The van der Waals surface area contributed by atoms with E-state index in [1.165, 1.54) is 0 Å². The average Bonchev–Trinajstić information content (AvgIpc) is 2.78. The number of nitrogens with zero attached hydrogens (tertiary/aromatic N) is 3. The van der Waals surface area contributed by atoms with Gasteiger partial charge in [-0.15, -0.1) is 0 Å². The Bertz CT molecular complexity index is 564. The van der Waals surface area contributed by atoms with Crippen molar-refractivity contribution in [3.05, 3.63) is 28.9 Å². The maximum atomic E-state index is 5.16. The Labute approximate surface area is 112 Å². The predicted molar refractivity (Wildman–Crippen MR) is 74.2 cm³/mol. The minimum absolute atomic E-state index is 0.559. The normalized spacial score (nSPS) is 10.5. The standard InChI is InChI=1S/C13H19N5O/c1-5-14-12-9(3)13(17-10(4)16-12)15-7-11-6-8(2)18-19-11/h6H,5,7H2,1-4H3,(H2,14,15,16,17). The van der Waals surface area contributed by atoms with Crippen LogP contribution in [0.5, 0.6) is 0 Å². The third-order valence-electron chi connectivity index (χ3n) is 2.71. The number of anilines is 2. The second kappa shape index (κ2) is 5.69. The number of aromatic nitrogens is 3. The van der Waals surface area contributed by atoms with Crippen LogP contribution in [0.1, 0.15) is 29.8 Å². The molecule has 0 unspecified atom stereocenters. The minimum Gasteiger partial charge on any atom is -0.370 e. The lowest BCUT2D eigenvalue weighted by Crippen LogP contribution is -2.09. The molecule has 2 heterocycles. The van der Waals surface area contributed by atoms with Gasteiger partial charge < -0.3 is 15.2 Å². The summed E-state index contributed by atoms with van der Waals surface area (Å²) < 4.78 is 5.16. The SMILES string of the molecule is CCNc1nc(C)nc(NCc2cc(C)no2)c1C. The first kappa shape index (κ1) is 13.3. The number of rotatable bonds is 5. The molecule has 0 fully saturated rings. The van der Waals surface area contributed by atoms with Gasteiger partial charge in [-0.05, 0) is 27.7 Å². The van der Waals surface area contributed by atoms with Crippen LogP contribution in [0.3, 0.4) is 0 Å². The molecule has 19 heavy (non-hydrogen) atoms. The Hall–Kier alpha value is -2.11. The summed E-state index contributed by atoms with van der Waals surface area (Å²) in [5.74, 6) is 3.21. The van der Waals surface area contributed by atoms with Crippen LogP contribution in [-0.2, 0) is 6.54 Å². The molecule has 0 saturated heterocycles. The van der Waals surface area contributed by atoms with Gasteiger partial charge in [0.1, 0.15) is 17.5 Å². The maximum Gasteiger partial charge on any atom is 0.156 e. The number of aryl methyl sites for hydroxylation is 2. The predicted octanol–water partition coefficient (Wildman–Crippen LogP) is 2.43. The van der Waals surface area contributed by atoms with Crippen molar-refractivity contribution in [3.63, 3.8) is 0 Å². The molecular weight excluding hydrogens is 242 g/mol. The molecule has 0 atom stereocenters. The van der Waals surface area contributed by atoms with E-state index in [2.05, 4.69) is 25.8 Å². The molecule has 0 aliphatic carbocycles. The van der Waals surface area contributed by atoms with Crippen LogP contribution in [0.15, 0.2) is 10.6 Å². The highest BCUT2D eigenvalue weighted by Crippen LogP contribution is 2.20. The molecule has 0 bridgehead atoms. The van der Waals surface area contributed by atoms with Crippen LogP contribution in [0.25, 0.3) is 0 Å². The Morgan fingerprint density at radius 1 is 1.11 bits per heavy atom. The zero-order valence-electron chi connectivity index (χ0n) is 11.7. The van der Waals surface area contributed by atoms with E-state index < -0.39 is 0 Å². The average molecular weight is 261 g/mol. The molecule has 0 amide bonds. The molecule has 0 spiro atoms. The zero-order chi connectivity index (χ0) is 13.8. The van der Waals surface area contributed by atoms with Crippen LogP contribution < -0.4 is 10.6 Å². The first-order valence-corrected chi connectivity index (χ1v) is 6.35. The van der Waals surface area contributed by atoms with Crippen LogP contribution >= 0.6 is 0 Å². The molecule has 6 heteroatoms. The molecule has 2 aromatic rings. The lowest BCUT2D eigenvalue weighted by atomic mass is 10.3. The summed E-state index contributed by atoms with van der Waals surface area (Å²) in [4.78, 5) is 8.80. The van der Waals surface area contributed by atoms with Gasteiger partial charge in [0, 0.05) is 18.2 Å². The molecule has 2 aromatic heterocycles. The van der Waals surface area contributed by atoms with Gasteiger partial charge in [-0.3, -0.25) is 0 Å². The smallest absolute Gasteiger partial charge is 0.156 e. The van der Waals surface area contributed by atoms with E-state index in [0.29, 0.717) is 6.54 Å². The molecular formula is C13H19N5O. The summed E-state index contributed by atoms with van der Waals surface area (Å²) in [5.41, 5.74) is 1.88. The van der Waals surface area contributed by atoms with Crippen molar-refractivity contribution in [2.24, 2.45) is 0 Å². The van der Waals surface area contributed by atoms with Gasteiger partial charge in [0.25, 0.3) is 0 Å². The van der Waals surface area contributed by atoms with E-state index in [-0.39, 0.29) is 0 Å². The van der Waals surface area contributed by atoms with Crippen molar-refractivity contribution in [1.82, 2.24) is 15.1 Å². The summed E-state index contributed by atoms with van der Waals surface area (Å²) in [7, 11) is 0. The fraction of sp³-hybridized carbons (Fsp3) is 0.462. The third kappa shape index (κ3) is 3.21. The van der Waals surface area contributed by atoms with Crippen molar-refractivity contribution in [1.29, 1.82) is 0 Å². The Kier molecular flexibility index (Phi) is 3.99. The molecule has 102 valence electrons. The van der Waals surface area contributed by atoms with Crippen LogP contribution in [0.4, 0.5) is 11.6 Å². The topological polar surface area (TPSA) is 75.9 Å². The fourth-order valence-corrected chi connectivity index (χ4v) is 1.81. The fourth-order valence-electron chi connectivity index (χ4n) is 1.81. The van der Waals surface area contributed by atoms with E-state index in [1.807, 2.05) is 33.8 Å². The second-order valence-corrected chi connectivity index (χ2v) is 4.41. The second-order valence-electron chi connectivity index (χ2n) is 4.41. The number of hydrogen-bond donors (Lipinski definition) is 2. The van der Waals surface area contributed by atoms with Crippen molar-refractivity contribution in [2.45, 2.75) is 34.2 Å². The monoisotopic (exact) mass is 261 g/mol. The van der Waals surface area contributed by atoms with Crippen molar-refractivity contribution in [2.75, 3.05) is 17.2 Å². The zero-order valence-corrected chi connectivity index (χ0v) is 11.7. The number of hydrogen-bond acceptors (Lipinski definition) is 6. The van der Waals surface area contributed by atoms with Gasteiger partial charge in [0.15, 0.2) is 5.76 Å². The molecule has 0 radical (unpaired) electrons. The van der Waals surface area contributed by atoms with E-state index in [9.17, 15) is 0 Å². The summed E-state index contributed by atoms with van der Waals surface area (Å²) in [6.07, 6.45) is 0. The van der Waals surface area contributed by atoms with Crippen LogP contribution in [-0.4, -0.2) is 21.7 Å². The Morgan fingerprint density at radius 3 is 2.37 bits per heavy atom. The Morgan fingerprint density at radius 2 is 1.79 bits per heavy atom. The van der Waals surface area contributed by atoms with Gasteiger partial charge in [-0.2, -0.15) is 0 Å². The summed E-state index contributed by atoms with van der Waals surface area (Å²) >= 11 is 0. The van der Waals surface area contributed by atoms with Gasteiger partial charge in [0.2, 0.25) is 0 Å². The summed E-state index contributed by atoms with van der Waals surface area (Å²) in [6.45, 7) is 9.20. The lowest BCUT2D eigenvalue weighted by Gasteiger charge is -2.12. The number of nitrogens with one attached hydrogen (secondary N) is 2. The first-order valence-electron chi connectivity index (χ1n) is 6.35. The van der Waals surface area contributed by atoms with Crippen LogP contribution in [0, 0.1) is 20.8 Å². The third-order valence-corrected chi connectivity index (χ3v) is 2.71. The molecule has 6 nitrogen and oxygen atoms in total. The van der Waals surface area contributed by atoms with Gasteiger partial charge in [-0.1, -0.05) is 5.16 Å². The van der Waals surface area contributed by atoms with E-state index in [1.54, 1.807) is 0 Å². The molecule has 0 aromatic carbocycles. The van der Waals surface area contributed by atoms with Crippen LogP contribution in [0.2, 0.25) is 0 Å². The van der Waals surface area contributed by atoms with Gasteiger partial charge >= 0.3 is 0 Å². The van der Waals surface area contributed by atoms with Crippen molar-refractivity contribution >= 4 is 11.6 Å². The molecule has 0 aliphatic heterocycles. The van der Waals surface area contributed by atoms with Crippen molar-refractivity contribution in [3.8, 4) is 0 Å². The molecule has 2 rings (SSSR count). The molecule has 2 N–H and O–H groups in total. The molecule has 0 saturated carbocycles. The highest BCUT2D eigenvalue weighted by molar-refractivity contribution is 5.57. The molecule has 0 aliphatic rings. The van der Waals surface area contributed by atoms with E-state index >= 15 is 0 Å². The first-order chi connectivity index (χ1) is 9.10. The van der Waals surface area contributed by atoms with E-state index in [4.69, 9.17) is 4.52 Å².